The smallest absolute Gasteiger partial charge is 0.251 e. The van der Waals surface area contributed by atoms with Crippen molar-refractivity contribution in [1.82, 2.24) is 15.1 Å². The van der Waals surface area contributed by atoms with Crippen molar-refractivity contribution in [3.63, 3.8) is 0 Å². The van der Waals surface area contributed by atoms with Crippen molar-refractivity contribution in [2.24, 2.45) is 0 Å². The molecule has 1 N–H and O–H groups in total. The molecule has 0 atom stereocenters. The van der Waals surface area contributed by atoms with Crippen LogP contribution in [0, 0.1) is 0 Å². The lowest BCUT2D eigenvalue weighted by Crippen LogP contribution is -2.25. The molecule has 0 fully saturated rings. The number of para-hydroxylation sites is 1. The van der Waals surface area contributed by atoms with E-state index >= 15 is 0 Å². The van der Waals surface area contributed by atoms with Crippen molar-refractivity contribution < 1.29 is 14.3 Å². The van der Waals surface area contributed by atoms with Gasteiger partial charge in [0.15, 0.2) is 11.5 Å². The van der Waals surface area contributed by atoms with Gasteiger partial charge in [0, 0.05) is 18.3 Å². The van der Waals surface area contributed by atoms with Gasteiger partial charge in [0.05, 0.1) is 26.1 Å². The molecule has 0 bridgehead atoms. The first-order valence-electron chi connectivity index (χ1n) is 8.30. The maximum absolute atomic E-state index is 12.3. The fraction of sp³-hybridized carbons (Fsp3) is 0.200. The summed E-state index contributed by atoms with van der Waals surface area (Å²) in [7, 11) is 3.11. The Morgan fingerprint density at radius 1 is 1.08 bits per heavy atom. The summed E-state index contributed by atoms with van der Waals surface area (Å²) in [6, 6.07) is 15.0. The van der Waals surface area contributed by atoms with E-state index in [1.807, 2.05) is 47.4 Å². The fourth-order valence-corrected chi connectivity index (χ4v) is 2.61. The van der Waals surface area contributed by atoms with E-state index in [4.69, 9.17) is 9.47 Å². The second-order valence-electron chi connectivity index (χ2n) is 5.70. The highest BCUT2D eigenvalue weighted by molar-refractivity contribution is 5.94. The van der Waals surface area contributed by atoms with Crippen molar-refractivity contribution in [3.05, 3.63) is 72.1 Å². The molecule has 0 aliphatic rings. The molecule has 0 radical (unpaired) electrons. The Kier molecular flexibility index (Phi) is 5.53. The average Bonchev–Trinajstić information content (AvgIpc) is 3.17. The van der Waals surface area contributed by atoms with Gasteiger partial charge in [-0.3, -0.25) is 4.79 Å². The van der Waals surface area contributed by atoms with E-state index in [-0.39, 0.29) is 5.91 Å². The molecule has 6 heteroatoms. The maximum atomic E-state index is 12.3. The Bertz CT molecular complexity index is 875. The quantitative estimate of drug-likeness (QED) is 0.711. The molecule has 3 rings (SSSR count). The molecule has 2 aromatic carbocycles. The molecular weight excluding hydrogens is 330 g/mol. The van der Waals surface area contributed by atoms with Gasteiger partial charge in [0.2, 0.25) is 0 Å². The van der Waals surface area contributed by atoms with Crippen molar-refractivity contribution in [2.75, 3.05) is 20.8 Å². The Hall–Kier alpha value is -3.28. The first kappa shape index (κ1) is 17.5. The summed E-state index contributed by atoms with van der Waals surface area (Å²) in [5.41, 5.74) is 2.59. The first-order chi connectivity index (χ1) is 12.7. The molecule has 1 aromatic heterocycles. The van der Waals surface area contributed by atoms with Crippen LogP contribution in [0.25, 0.3) is 5.69 Å². The highest BCUT2D eigenvalue weighted by Gasteiger charge is 2.10. The van der Waals surface area contributed by atoms with Crippen LogP contribution in [0.5, 0.6) is 11.5 Å². The molecule has 1 amide bonds. The molecule has 134 valence electrons. The van der Waals surface area contributed by atoms with E-state index in [0.29, 0.717) is 30.0 Å². The van der Waals surface area contributed by atoms with E-state index in [9.17, 15) is 4.79 Å². The average molecular weight is 351 g/mol. The van der Waals surface area contributed by atoms with Crippen LogP contribution in [0.2, 0.25) is 0 Å². The van der Waals surface area contributed by atoms with Gasteiger partial charge in [-0.1, -0.05) is 18.2 Å². The zero-order chi connectivity index (χ0) is 18.4. The molecular formula is C20H21N3O3. The summed E-state index contributed by atoms with van der Waals surface area (Å²) >= 11 is 0. The topological polar surface area (TPSA) is 65.4 Å². The second-order valence-corrected chi connectivity index (χ2v) is 5.70. The van der Waals surface area contributed by atoms with Crippen molar-refractivity contribution in [2.45, 2.75) is 6.42 Å². The summed E-state index contributed by atoms with van der Waals surface area (Å²) in [4.78, 5) is 12.3. The Morgan fingerprint density at radius 3 is 2.58 bits per heavy atom. The molecule has 26 heavy (non-hydrogen) atoms. The third-order valence-corrected chi connectivity index (χ3v) is 4.00. The van der Waals surface area contributed by atoms with Gasteiger partial charge in [-0.2, -0.15) is 5.10 Å². The molecule has 1 heterocycles. The number of methoxy groups -OCH3 is 2. The molecule has 0 saturated heterocycles. The highest BCUT2D eigenvalue weighted by atomic mass is 16.5. The number of amides is 1. The summed E-state index contributed by atoms with van der Waals surface area (Å²) in [6.45, 7) is 0.521. The van der Waals surface area contributed by atoms with E-state index in [2.05, 4.69) is 10.4 Å². The number of rotatable bonds is 7. The molecule has 0 aliphatic carbocycles. The van der Waals surface area contributed by atoms with Crippen LogP contribution in [-0.2, 0) is 6.42 Å². The lowest BCUT2D eigenvalue weighted by atomic mass is 10.2. The van der Waals surface area contributed by atoms with Gasteiger partial charge in [-0.05, 0) is 42.3 Å². The van der Waals surface area contributed by atoms with Crippen LogP contribution in [0.4, 0.5) is 0 Å². The van der Waals surface area contributed by atoms with Crippen molar-refractivity contribution in [3.8, 4) is 17.2 Å². The largest absolute Gasteiger partial charge is 0.493 e. The minimum atomic E-state index is -0.151. The molecule has 3 aromatic rings. The number of hydrogen-bond acceptors (Lipinski definition) is 4. The van der Waals surface area contributed by atoms with Gasteiger partial charge < -0.3 is 14.8 Å². The van der Waals surface area contributed by atoms with Gasteiger partial charge in [0.25, 0.3) is 5.91 Å². The van der Waals surface area contributed by atoms with Crippen LogP contribution in [0.1, 0.15) is 15.9 Å². The van der Waals surface area contributed by atoms with Crippen molar-refractivity contribution >= 4 is 5.91 Å². The zero-order valence-electron chi connectivity index (χ0n) is 14.8. The molecule has 0 unspecified atom stereocenters. The third kappa shape index (κ3) is 4.03. The van der Waals surface area contributed by atoms with E-state index in [1.165, 1.54) is 0 Å². The number of aromatic nitrogens is 2. The first-order valence-corrected chi connectivity index (χ1v) is 8.30. The van der Waals surface area contributed by atoms with Crippen LogP contribution in [0.15, 0.2) is 60.9 Å². The number of nitrogens with zero attached hydrogens (tertiary/aromatic N) is 2. The third-order valence-electron chi connectivity index (χ3n) is 4.00. The lowest BCUT2D eigenvalue weighted by molar-refractivity contribution is 0.0953. The van der Waals surface area contributed by atoms with Gasteiger partial charge in [-0.15, -0.1) is 0 Å². The summed E-state index contributed by atoms with van der Waals surface area (Å²) in [5, 5.41) is 7.27. The van der Waals surface area contributed by atoms with Gasteiger partial charge in [0.1, 0.15) is 0 Å². The minimum absolute atomic E-state index is 0.151. The number of nitrogens with one attached hydrogen (secondary N) is 1. The molecule has 0 saturated carbocycles. The maximum Gasteiger partial charge on any atom is 0.251 e. The standard InChI is InChI=1S/C20H21N3O3/c1-25-18-9-8-16(12-19(18)26-2)20(24)21-11-10-15-13-22-23(14-15)17-6-4-3-5-7-17/h3-9,12-14H,10-11H2,1-2H3,(H,21,24). The summed E-state index contributed by atoms with van der Waals surface area (Å²) in [6.07, 6.45) is 4.49. The Balaban J connectivity index is 1.57. The van der Waals surface area contributed by atoms with E-state index in [1.54, 1.807) is 32.4 Å². The second kappa shape index (κ2) is 8.20. The van der Waals surface area contributed by atoms with Gasteiger partial charge in [-0.25, -0.2) is 4.68 Å². The number of hydrogen-bond donors (Lipinski definition) is 1. The monoisotopic (exact) mass is 351 g/mol. The fourth-order valence-electron chi connectivity index (χ4n) is 2.61. The normalized spacial score (nSPS) is 10.4. The Morgan fingerprint density at radius 2 is 1.85 bits per heavy atom. The van der Waals surface area contributed by atoms with E-state index in [0.717, 1.165) is 11.3 Å². The number of benzene rings is 2. The molecule has 6 nitrogen and oxygen atoms in total. The summed E-state index contributed by atoms with van der Waals surface area (Å²) < 4.78 is 12.2. The van der Waals surface area contributed by atoms with E-state index < -0.39 is 0 Å². The SMILES string of the molecule is COc1ccc(C(=O)NCCc2cnn(-c3ccccc3)c2)cc1OC. The minimum Gasteiger partial charge on any atom is -0.493 e. The van der Waals surface area contributed by atoms with Crippen LogP contribution >= 0.6 is 0 Å². The highest BCUT2D eigenvalue weighted by Crippen LogP contribution is 2.27. The predicted molar refractivity (Wildman–Crippen MR) is 99.1 cm³/mol. The number of carbonyl (C=O) groups is 1. The number of ether oxygens (including phenoxy) is 2. The van der Waals surface area contributed by atoms with Crippen LogP contribution in [0.3, 0.4) is 0 Å². The van der Waals surface area contributed by atoms with Gasteiger partial charge >= 0.3 is 0 Å². The molecule has 0 aliphatic heterocycles. The summed E-state index contributed by atoms with van der Waals surface area (Å²) in [5.74, 6) is 0.975. The zero-order valence-corrected chi connectivity index (χ0v) is 14.8. The number of carbonyl (C=O) groups excluding carboxylic acids is 1. The predicted octanol–water partition coefficient (Wildman–Crippen LogP) is 2.86. The van der Waals surface area contributed by atoms with Crippen LogP contribution in [-0.4, -0.2) is 36.5 Å². The lowest BCUT2D eigenvalue weighted by Gasteiger charge is -2.09. The van der Waals surface area contributed by atoms with Crippen LogP contribution < -0.4 is 14.8 Å². The Labute approximate surface area is 152 Å². The molecule has 0 spiro atoms. The van der Waals surface area contributed by atoms with Crippen molar-refractivity contribution in [1.29, 1.82) is 0 Å².